The summed E-state index contributed by atoms with van der Waals surface area (Å²) in [6.07, 6.45) is 3.95. The van der Waals surface area contributed by atoms with Crippen LogP contribution in [-0.4, -0.2) is 36.8 Å². The van der Waals surface area contributed by atoms with E-state index in [2.05, 4.69) is 17.6 Å². The van der Waals surface area contributed by atoms with Gasteiger partial charge in [0.15, 0.2) is 0 Å². The smallest absolute Gasteiger partial charge is 0.237 e. The Morgan fingerprint density at radius 1 is 1.56 bits per heavy atom. The summed E-state index contributed by atoms with van der Waals surface area (Å²) in [6, 6.07) is -0.0834. The van der Waals surface area contributed by atoms with E-state index < -0.39 is 0 Å². The fourth-order valence-electron chi connectivity index (χ4n) is 1.80. The van der Waals surface area contributed by atoms with Crippen LogP contribution in [0.15, 0.2) is 0 Å². The lowest BCUT2D eigenvalue weighted by Crippen LogP contribution is -2.47. The molecular weight excluding hydrogens is 204 g/mol. The van der Waals surface area contributed by atoms with Gasteiger partial charge in [0.25, 0.3) is 0 Å². The Morgan fingerprint density at radius 2 is 2.31 bits per heavy atom. The van der Waals surface area contributed by atoms with Gasteiger partial charge in [0.2, 0.25) is 5.91 Å². The van der Waals surface area contributed by atoms with E-state index in [1.807, 2.05) is 6.92 Å². The number of rotatable bonds is 5. The highest BCUT2D eigenvalue weighted by Gasteiger charge is 2.25. The Hall–Kier alpha value is -0.610. The molecule has 1 fully saturated rings. The van der Waals surface area contributed by atoms with E-state index in [9.17, 15) is 9.90 Å². The van der Waals surface area contributed by atoms with Crippen molar-refractivity contribution in [2.24, 2.45) is 5.41 Å². The molecule has 0 aliphatic carbocycles. The molecule has 94 valence electrons. The van der Waals surface area contributed by atoms with Gasteiger partial charge in [-0.15, -0.1) is 0 Å². The first-order valence-corrected chi connectivity index (χ1v) is 6.23. The fourth-order valence-corrected chi connectivity index (χ4v) is 1.80. The topological polar surface area (TPSA) is 61.4 Å². The van der Waals surface area contributed by atoms with Gasteiger partial charge >= 0.3 is 0 Å². The molecule has 1 aliphatic rings. The van der Waals surface area contributed by atoms with Crippen LogP contribution in [0.3, 0.4) is 0 Å². The predicted octanol–water partition coefficient (Wildman–Crippen LogP) is 0.653. The van der Waals surface area contributed by atoms with Gasteiger partial charge in [-0.3, -0.25) is 4.79 Å². The summed E-state index contributed by atoms with van der Waals surface area (Å²) in [4.78, 5) is 11.7. The summed E-state index contributed by atoms with van der Waals surface area (Å²) >= 11 is 0. The number of hydrogen-bond donors (Lipinski definition) is 3. The molecule has 1 heterocycles. The van der Waals surface area contributed by atoms with E-state index in [0.717, 1.165) is 32.2 Å². The lowest BCUT2D eigenvalue weighted by molar-refractivity contribution is -0.123. The van der Waals surface area contributed by atoms with Crippen LogP contribution in [0, 0.1) is 5.41 Å². The minimum Gasteiger partial charge on any atom is -0.396 e. The van der Waals surface area contributed by atoms with E-state index >= 15 is 0 Å². The average Bonchev–Trinajstić information content (AvgIpc) is 2.51. The number of carbonyl (C=O) groups is 1. The van der Waals surface area contributed by atoms with Crippen LogP contribution < -0.4 is 10.6 Å². The van der Waals surface area contributed by atoms with E-state index in [0.29, 0.717) is 6.54 Å². The minimum atomic E-state index is -0.118. The quantitative estimate of drug-likeness (QED) is 0.647. The molecule has 2 unspecified atom stereocenters. The zero-order valence-corrected chi connectivity index (χ0v) is 10.4. The molecule has 4 nitrogen and oxygen atoms in total. The Labute approximate surface area is 97.8 Å². The largest absolute Gasteiger partial charge is 0.396 e. The van der Waals surface area contributed by atoms with E-state index in [-0.39, 0.29) is 24.0 Å². The van der Waals surface area contributed by atoms with Crippen molar-refractivity contribution in [3.05, 3.63) is 0 Å². The third-order valence-corrected chi connectivity index (χ3v) is 3.55. The molecule has 4 heteroatoms. The van der Waals surface area contributed by atoms with Crippen LogP contribution >= 0.6 is 0 Å². The van der Waals surface area contributed by atoms with Crippen LogP contribution in [0.2, 0.25) is 0 Å². The molecule has 0 aromatic rings. The van der Waals surface area contributed by atoms with Crippen LogP contribution in [0.4, 0.5) is 0 Å². The molecule has 0 aromatic heterocycles. The molecule has 3 N–H and O–H groups in total. The van der Waals surface area contributed by atoms with Crippen LogP contribution in [0.5, 0.6) is 0 Å². The molecule has 1 rings (SSSR count). The van der Waals surface area contributed by atoms with E-state index in [4.69, 9.17) is 0 Å². The summed E-state index contributed by atoms with van der Waals surface area (Å²) in [7, 11) is 0. The van der Waals surface area contributed by atoms with Gasteiger partial charge in [-0.25, -0.2) is 0 Å². The second kappa shape index (κ2) is 6.21. The number of amides is 1. The SMILES string of the molecule is CCC(C)(CO)CNC1CCCCNC1=O. The maximum atomic E-state index is 11.7. The Balaban J connectivity index is 2.43. The highest BCUT2D eigenvalue weighted by molar-refractivity contribution is 5.81. The summed E-state index contributed by atoms with van der Waals surface area (Å²) in [5.41, 5.74) is -0.118. The molecule has 0 aromatic carbocycles. The third kappa shape index (κ3) is 3.76. The molecule has 16 heavy (non-hydrogen) atoms. The van der Waals surface area contributed by atoms with Gasteiger partial charge in [-0.1, -0.05) is 13.8 Å². The van der Waals surface area contributed by atoms with Crippen molar-refractivity contribution in [3.63, 3.8) is 0 Å². The summed E-state index contributed by atoms with van der Waals surface area (Å²) < 4.78 is 0. The maximum Gasteiger partial charge on any atom is 0.237 e. The summed E-state index contributed by atoms with van der Waals surface area (Å²) in [6.45, 7) is 5.74. The lowest BCUT2D eigenvalue weighted by Gasteiger charge is -2.28. The number of aliphatic hydroxyl groups is 1. The number of aliphatic hydroxyl groups excluding tert-OH is 1. The molecule has 0 bridgehead atoms. The van der Waals surface area contributed by atoms with Crippen molar-refractivity contribution < 1.29 is 9.90 Å². The molecule has 1 amide bonds. The monoisotopic (exact) mass is 228 g/mol. The first-order valence-electron chi connectivity index (χ1n) is 6.23. The number of hydrogen-bond acceptors (Lipinski definition) is 3. The summed E-state index contributed by atoms with van der Waals surface area (Å²) in [5, 5.41) is 15.5. The summed E-state index contributed by atoms with van der Waals surface area (Å²) in [5.74, 6) is 0.105. The highest BCUT2D eigenvalue weighted by atomic mass is 16.3. The molecule has 1 aliphatic heterocycles. The first-order chi connectivity index (χ1) is 7.61. The molecule has 0 spiro atoms. The average molecular weight is 228 g/mol. The predicted molar refractivity (Wildman–Crippen MR) is 64.1 cm³/mol. The molecule has 1 saturated heterocycles. The fraction of sp³-hybridized carbons (Fsp3) is 0.917. The molecule has 0 saturated carbocycles. The van der Waals surface area contributed by atoms with Crippen LogP contribution in [0.25, 0.3) is 0 Å². The zero-order valence-electron chi connectivity index (χ0n) is 10.4. The van der Waals surface area contributed by atoms with Gasteiger partial charge in [-0.05, 0) is 25.7 Å². The molecular formula is C12H24N2O2. The van der Waals surface area contributed by atoms with Gasteiger partial charge < -0.3 is 15.7 Å². The van der Waals surface area contributed by atoms with Gasteiger partial charge in [0.1, 0.15) is 0 Å². The van der Waals surface area contributed by atoms with Gasteiger partial charge in [-0.2, -0.15) is 0 Å². The molecule has 0 radical (unpaired) electrons. The number of carbonyl (C=O) groups excluding carboxylic acids is 1. The van der Waals surface area contributed by atoms with Crippen molar-refractivity contribution >= 4 is 5.91 Å². The number of nitrogens with one attached hydrogen (secondary N) is 2. The second-order valence-electron chi connectivity index (χ2n) is 5.04. The highest BCUT2D eigenvalue weighted by Crippen LogP contribution is 2.19. The van der Waals surface area contributed by atoms with Crippen molar-refractivity contribution in [1.29, 1.82) is 0 Å². The van der Waals surface area contributed by atoms with Gasteiger partial charge in [0.05, 0.1) is 6.04 Å². The first kappa shape index (κ1) is 13.5. The van der Waals surface area contributed by atoms with Crippen LogP contribution in [0.1, 0.15) is 39.5 Å². The van der Waals surface area contributed by atoms with E-state index in [1.54, 1.807) is 0 Å². The minimum absolute atomic E-state index is 0.0834. The van der Waals surface area contributed by atoms with Crippen LogP contribution in [-0.2, 0) is 4.79 Å². The van der Waals surface area contributed by atoms with Crippen molar-refractivity contribution in [2.45, 2.75) is 45.6 Å². The Bertz CT molecular complexity index is 227. The molecule has 2 atom stereocenters. The maximum absolute atomic E-state index is 11.7. The van der Waals surface area contributed by atoms with Gasteiger partial charge in [0, 0.05) is 25.1 Å². The Morgan fingerprint density at radius 3 is 2.94 bits per heavy atom. The normalized spacial score (nSPS) is 25.7. The Kier molecular flexibility index (Phi) is 5.22. The van der Waals surface area contributed by atoms with Crippen molar-refractivity contribution in [1.82, 2.24) is 10.6 Å². The zero-order chi connectivity index (χ0) is 12.0. The van der Waals surface area contributed by atoms with Crippen molar-refractivity contribution in [2.75, 3.05) is 19.7 Å². The van der Waals surface area contributed by atoms with E-state index in [1.165, 1.54) is 0 Å². The second-order valence-corrected chi connectivity index (χ2v) is 5.04. The standard InChI is InChI=1S/C12H24N2O2/c1-3-12(2,9-15)8-14-10-6-4-5-7-13-11(10)16/h10,14-15H,3-9H2,1-2H3,(H,13,16). The van der Waals surface area contributed by atoms with Crippen molar-refractivity contribution in [3.8, 4) is 0 Å². The lowest BCUT2D eigenvalue weighted by atomic mass is 9.88. The third-order valence-electron chi connectivity index (χ3n) is 3.55.